The van der Waals surface area contributed by atoms with Crippen molar-refractivity contribution in [2.24, 2.45) is 0 Å². The molecule has 1 heterocycles. The van der Waals surface area contributed by atoms with E-state index in [4.69, 9.17) is 4.74 Å². The summed E-state index contributed by atoms with van der Waals surface area (Å²) in [6.07, 6.45) is 1.92. The van der Waals surface area contributed by atoms with Gasteiger partial charge in [0.15, 0.2) is 0 Å². The molecule has 1 aliphatic rings. The largest absolute Gasteiger partial charge is 0.392 e. The molecule has 102 valence electrons. The van der Waals surface area contributed by atoms with E-state index in [-0.39, 0.29) is 18.8 Å². The molecule has 0 aliphatic carbocycles. The highest BCUT2D eigenvalue weighted by molar-refractivity contribution is 5.27. The molecular formula is C15H24O3. The Morgan fingerprint density at radius 1 is 1.22 bits per heavy atom. The number of benzene rings is 1. The van der Waals surface area contributed by atoms with Crippen molar-refractivity contribution in [3.63, 3.8) is 0 Å². The lowest BCUT2D eigenvalue weighted by Gasteiger charge is -2.28. The van der Waals surface area contributed by atoms with Gasteiger partial charge in [-0.25, -0.2) is 0 Å². The fourth-order valence-electron chi connectivity index (χ4n) is 2.15. The average molecular weight is 252 g/mol. The van der Waals surface area contributed by atoms with E-state index in [2.05, 4.69) is 0 Å². The SMILES string of the molecule is CC.OCc1ccccc1CC1OCCCC1O. The Labute approximate surface area is 109 Å². The van der Waals surface area contributed by atoms with Crippen LogP contribution in [0.15, 0.2) is 24.3 Å². The zero-order valence-corrected chi connectivity index (χ0v) is 11.3. The van der Waals surface area contributed by atoms with E-state index in [1.807, 2.05) is 38.1 Å². The van der Waals surface area contributed by atoms with Gasteiger partial charge in [-0.15, -0.1) is 0 Å². The molecule has 2 rings (SSSR count). The first kappa shape index (κ1) is 15.2. The Kier molecular flexibility index (Phi) is 6.94. The van der Waals surface area contributed by atoms with Crippen molar-refractivity contribution < 1.29 is 14.9 Å². The van der Waals surface area contributed by atoms with E-state index in [9.17, 15) is 10.2 Å². The minimum absolute atomic E-state index is 0.0407. The summed E-state index contributed by atoms with van der Waals surface area (Å²) in [6, 6.07) is 7.75. The maximum atomic E-state index is 9.81. The highest BCUT2D eigenvalue weighted by Gasteiger charge is 2.24. The van der Waals surface area contributed by atoms with E-state index < -0.39 is 0 Å². The van der Waals surface area contributed by atoms with Gasteiger partial charge in [-0.1, -0.05) is 38.1 Å². The summed E-state index contributed by atoms with van der Waals surface area (Å²) in [7, 11) is 0. The monoisotopic (exact) mass is 252 g/mol. The molecule has 2 N–H and O–H groups in total. The minimum Gasteiger partial charge on any atom is -0.392 e. The maximum absolute atomic E-state index is 9.81. The van der Waals surface area contributed by atoms with Crippen molar-refractivity contribution in [2.45, 2.75) is 51.9 Å². The third kappa shape index (κ3) is 4.09. The van der Waals surface area contributed by atoms with Crippen LogP contribution in [0.4, 0.5) is 0 Å². The van der Waals surface area contributed by atoms with Gasteiger partial charge in [-0.05, 0) is 24.0 Å². The van der Waals surface area contributed by atoms with Crippen molar-refractivity contribution in [1.29, 1.82) is 0 Å². The molecule has 0 radical (unpaired) electrons. The maximum Gasteiger partial charge on any atom is 0.0874 e. The molecule has 0 spiro atoms. The summed E-state index contributed by atoms with van der Waals surface area (Å²) in [6.45, 7) is 4.77. The summed E-state index contributed by atoms with van der Waals surface area (Å²) in [5, 5.41) is 19.0. The van der Waals surface area contributed by atoms with Crippen molar-refractivity contribution in [3.8, 4) is 0 Å². The summed E-state index contributed by atoms with van der Waals surface area (Å²) in [5.74, 6) is 0. The lowest BCUT2D eigenvalue weighted by Crippen LogP contribution is -2.35. The van der Waals surface area contributed by atoms with Gasteiger partial charge in [0.05, 0.1) is 18.8 Å². The molecule has 0 amide bonds. The van der Waals surface area contributed by atoms with E-state index in [1.165, 1.54) is 0 Å². The number of aliphatic hydroxyl groups excluding tert-OH is 2. The summed E-state index contributed by atoms with van der Waals surface area (Å²) in [5.41, 5.74) is 1.99. The molecule has 3 nitrogen and oxygen atoms in total. The second-order valence-corrected chi connectivity index (χ2v) is 4.25. The summed E-state index contributed by atoms with van der Waals surface area (Å²) >= 11 is 0. The van der Waals surface area contributed by atoms with E-state index in [0.717, 1.165) is 30.6 Å². The standard InChI is InChI=1S/C13H18O3.C2H6/c14-9-11-5-2-1-4-10(11)8-13-12(15)6-3-7-16-13;1-2/h1-2,4-5,12-15H,3,6-9H2;1-2H3. The van der Waals surface area contributed by atoms with Crippen LogP contribution in [-0.2, 0) is 17.8 Å². The second-order valence-electron chi connectivity index (χ2n) is 4.25. The minimum atomic E-state index is -0.375. The number of aliphatic hydroxyl groups is 2. The van der Waals surface area contributed by atoms with Crippen LogP contribution in [0.3, 0.4) is 0 Å². The Morgan fingerprint density at radius 3 is 2.50 bits per heavy atom. The van der Waals surface area contributed by atoms with Crippen LogP contribution in [0.2, 0.25) is 0 Å². The van der Waals surface area contributed by atoms with Crippen LogP contribution in [0, 0.1) is 0 Å². The normalized spacial score (nSPS) is 23.1. The van der Waals surface area contributed by atoms with Crippen LogP contribution in [-0.4, -0.2) is 29.0 Å². The van der Waals surface area contributed by atoms with Crippen molar-refractivity contribution in [3.05, 3.63) is 35.4 Å². The van der Waals surface area contributed by atoms with Crippen molar-refractivity contribution >= 4 is 0 Å². The average Bonchev–Trinajstić information content (AvgIpc) is 2.44. The molecule has 1 fully saturated rings. The van der Waals surface area contributed by atoms with Gasteiger partial charge in [-0.2, -0.15) is 0 Å². The van der Waals surface area contributed by atoms with Crippen LogP contribution < -0.4 is 0 Å². The number of hydrogen-bond acceptors (Lipinski definition) is 3. The molecule has 1 aromatic rings. The smallest absolute Gasteiger partial charge is 0.0874 e. The first-order valence-corrected chi connectivity index (χ1v) is 6.78. The van der Waals surface area contributed by atoms with E-state index in [1.54, 1.807) is 0 Å². The number of hydrogen-bond donors (Lipinski definition) is 2. The third-order valence-corrected chi connectivity index (χ3v) is 3.12. The van der Waals surface area contributed by atoms with E-state index in [0.29, 0.717) is 6.42 Å². The summed E-state index contributed by atoms with van der Waals surface area (Å²) < 4.78 is 5.56. The third-order valence-electron chi connectivity index (χ3n) is 3.12. The van der Waals surface area contributed by atoms with Gasteiger partial charge in [0.2, 0.25) is 0 Å². The van der Waals surface area contributed by atoms with Crippen LogP contribution in [0.25, 0.3) is 0 Å². The summed E-state index contributed by atoms with van der Waals surface area (Å²) in [4.78, 5) is 0. The van der Waals surface area contributed by atoms with Gasteiger partial charge in [0.25, 0.3) is 0 Å². The predicted octanol–water partition coefficient (Wildman–Crippen LogP) is 2.29. The van der Waals surface area contributed by atoms with Gasteiger partial charge >= 0.3 is 0 Å². The van der Waals surface area contributed by atoms with Crippen molar-refractivity contribution in [2.75, 3.05) is 6.61 Å². The molecule has 18 heavy (non-hydrogen) atoms. The molecule has 0 saturated carbocycles. The van der Waals surface area contributed by atoms with Crippen LogP contribution in [0.5, 0.6) is 0 Å². The van der Waals surface area contributed by atoms with Crippen LogP contribution >= 0.6 is 0 Å². The van der Waals surface area contributed by atoms with Gasteiger partial charge < -0.3 is 14.9 Å². The Hall–Kier alpha value is -0.900. The molecular weight excluding hydrogens is 228 g/mol. The molecule has 0 bridgehead atoms. The molecule has 3 heteroatoms. The highest BCUT2D eigenvalue weighted by atomic mass is 16.5. The molecule has 2 atom stereocenters. The van der Waals surface area contributed by atoms with E-state index >= 15 is 0 Å². The second kappa shape index (κ2) is 8.25. The van der Waals surface area contributed by atoms with Gasteiger partial charge in [-0.3, -0.25) is 0 Å². The molecule has 1 aromatic carbocycles. The highest BCUT2D eigenvalue weighted by Crippen LogP contribution is 2.20. The predicted molar refractivity (Wildman–Crippen MR) is 72.4 cm³/mol. The van der Waals surface area contributed by atoms with Gasteiger partial charge in [0, 0.05) is 13.0 Å². The first-order chi connectivity index (χ1) is 8.81. The van der Waals surface area contributed by atoms with Gasteiger partial charge in [0.1, 0.15) is 0 Å². The first-order valence-electron chi connectivity index (χ1n) is 6.78. The molecule has 1 saturated heterocycles. The molecule has 1 aliphatic heterocycles. The quantitative estimate of drug-likeness (QED) is 0.867. The number of ether oxygens (including phenoxy) is 1. The lowest BCUT2D eigenvalue weighted by atomic mass is 9.96. The fourth-order valence-corrected chi connectivity index (χ4v) is 2.15. The Morgan fingerprint density at radius 2 is 1.89 bits per heavy atom. The molecule has 0 aromatic heterocycles. The molecule has 2 unspecified atom stereocenters. The number of rotatable bonds is 3. The Bertz CT molecular complexity index is 338. The fraction of sp³-hybridized carbons (Fsp3) is 0.600. The lowest BCUT2D eigenvalue weighted by molar-refractivity contribution is -0.0727. The topological polar surface area (TPSA) is 49.7 Å². The zero-order valence-electron chi connectivity index (χ0n) is 11.3. The zero-order chi connectivity index (χ0) is 13.4. The van der Waals surface area contributed by atoms with Crippen LogP contribution in [0.1, 0.15) is 37.8 Å². The Balaban J connectivity index is 0.000000771. The van der Waals surface area contributed by atoms with Crippen molar-refractivity contribution in [1.82, 2.24) is 0 Å².